The summed E-state index contributed by atoms with van der Waals surface area (Å²) in [7, 11) is 3.19. The van der Waals surface area contributed by atoms with Crippen LogP contribution in [0.4, 0.5) is 5.69 Å². The number of carbonyl (C=O) groups excluding carboxylic acids is 1. The van der Waals surface area contributed by atoms with Crippen LogP contribution in [0.5, 0.6) is 11.5 Å². The molecule has 3 unspecified atom stereocenters. The fraction of sp³-hybridized carbons (Fsp3) is 0.381. The van der Waals surface area contributed by atoms with Gasteiger partial charge in [0, 0.05) is 5.69 Å². The van der Waals surface area contributed by atoms with E-state index in [2.05, 4.69) is 53.0 Å². The standard InChI is InChI=1S/C21H29N5O3/c1-12-6-8-16(10-13(12)2)23-20-19(24-26-25-20)21(27)22-14(3)15-7-9-17(28-4)18(11-15)29-5/h6-11,14,19-20,23-26H,1-5H3,(H,22,27). The summed E-state index contributed by atoms with van der Waals surface area (Å²) in [6, 6.07) is 11.0. The van der Waals surface area contributed by atoms with Gasteiger partial charge in [-0.1, -0.05) is 12.1 Å². The zero-order valence-electron chi connectivity index (χ0n) is 17.4. The summed E-state index contributed by atoms with van der Waals surface area (Å²) < 4.78 is 10.6. The van der Waals surface area contributed by atoms with Crippen LogP contribution in [0.3, 0.4) is 0 Å². The van der Waals surface area contributed by atoms with Crippen molar-refractivity contribution in [1.82, 2.24) is 21.7 Å². The summed E-state index contributed by atoms with van der Waals surface area (Å²) in [4.78, 5) is 12.9. The SMILES string of the molecule is COc1ccc(C(C)NC(=O)C2NNNC2Nc2ccc(C)c(C)c2)cc1OC. The van der Waals surface area contributed by atoms with E-state index in [1.165, 1.54) is 11.1 Å². The number of hydrogen-bond acceptors (Lipinski definition) is 7. The molecule has 2 aromatic rings. The van der Waals surface area contributed by atoms with Crippen LogP contribution in [0.2, 0.25) is 0 Å². The highest BCUT2D eigenvalue weighted by Gasteiger charge is 2.33. The molecule has 1 aliphatic heterocycles. The van der Waals surface area contributed by atoms with E-state index in [1.54, 1.807) is 14.2 Å². The Labute approximate surface area is 171 Å². The summed E-state index contributed by atoms with van der Waals surface area (Å²) in [5.74, 6) is 1.15. The number of anilines is 1. The van der Waals surface area contributed by atoms with Crippen LogP contribution in [-0.4, -0.2) is 32.3 Å². The molecule has 29 heavy (non-hydrogen) atoms. The highest BCUT2D eigenvalue weighted by Crippen LogP contribution is 2.30. The van der Waals surface area contributed by atoms with Crippen LogP contribution in [0.25, 0.3) is 0 Å². The van der Waals surface area contributed by atoms with E-state index in [0.717, 1.165) is 11.3 Å². The van der Waals surface area contributed by atoms with E-state index >= 15 is 0 Å². The second-order valence-electron chi connectivity index (χ2n) is 7.16. The zero-order valence-corrected chi connectivity index (χ0v) is 17.4. The molecule has 2 aromatic carbocycles. The Morgan fingerprint density at radius 1 is 1.00 bits per heavy atom. The van der Waals surface area contributed by atoms with Gasteiger partial charge in [0.2, 0.25) is 5.91 Å². The second-order valence-corrected chi connectivity index (χ2v) is 7.16. The molecule has 8 heteroatoms. The Hall–Kier alpha value is -2.81. The molecule has 3 atom stereocenters. The molecule has 156 valence electrons. The molecule has 1 aliphatic rings. The minimum atomic E-state index is -0.501. The maximum Gasteiger partial charge on any atom is 0.242 e. The number of benzene rings is 2. The van der Waals surface area contributed by atoms with Crippen LogP contribution in [0.15, 0.2) is 36.4 Å². The second kappa shape index (κ2) is 9.13. The van der Waals surface area contributed by atoms with Crippen LogP contribution < -0.4 is 36.5 Å². The molecule has 1 saturated heterocycles. The van der Waals surface area contributed by atoms with Crippen molar-refractivity contribution in [3.05, 3.63) is 53.1 Å². The molecule has 0 radical (unpaired) electrons. The molecule has 1 fully saturated rings. The molecule has 0 aliphatic carbocycles. The average Bonchev–Trinajstić information content (AvgIpc) is 3.18. The van der Waals surface area contributed by atoms with E-state index in [9.17, 15) is 4.79 Å². The van der Waals surface area contributed by atoms with Crippen molar-refractivity contribution in [1.29, 1.82) is 0 Å². The Bertz CT molecular complexity index is 873. The summed E-state index contributed by atoms with van der Waals surface area (Å²) in [5.41, 5.74) is 13.1. The third-order valence-corrected chi connectivity index (χ3v) is 5.17. The van der Waals surface area contributed by atoms with Gasteiger partial charge in [-0.25, -0.2) is 10.9 Å². The Morgan fingerprint density at radius 3 is 2.45 bits per heavy atom. The van der Waals surface area contributed by atoms with Crippen molar-refractivity contribution in [3.63, 3.8) is 0 Å². The van der Waals surface area contributed by atoms with Crippen molar-refractivity contribution >= 4 is 11.6 Å². The minimum absolute atomic E-state index is 0.133. The van der Waals surface area contributed by atoms with Crippen LogP contribution >= 0.6 is 0 Å². The number of nitrogens with one attached hydrogen (secondary N) is 5. The zero-order chi connectivity index (χ0) is 21.0. The topological polar surface area (TPSA) is 95.7 Å². The third kappa shape index (κ3) is 4.79. The van der Waals surface area contributed by atoms with Gasteiger partial charge >= 0.3 is 0 Å². The number of methoxy groups -OCH3 is 2. The number of aryl methyl sites for hydroxylation is 2. The van der Waals surface area contributed by atoms with Crippen molar-refractivity contribution in [2.24, 2.45) is 0 Å². The predicted molar refractivity (Wildman–Crippen MR) is 113 cm³/mol. The van der Waals surface area contributed by atoms with Gasteiger partial charge in [-0.2, -0.15) is 5.53 Å². The molecule has 0 saturated carbocycles. The monoisotopic (exact) mass is 399 g/mol. The van der Waals surface area contributed by atoms with E-state index < -0.39 is 6.04 Å². The van der Waals surface area contributed by atoms with Gasteiger partial charge in [0.1, 0.15) is 12.2 Å². The fourth-order valence-electron chi connectivity index (χ4n) is 3.22. The van der Waals surface area contributed by atoms with Crippen LogP contribution in [0, 0.1) is 13.8 Å². The fourth-order valence-corrected chi connectivity index (χ4v) is 3.22. The minimum Gasteiger partial charge on any atom is -0.493 e. The smallest absolute Gasteiger partial charge is 0.242 e. The first kappa shape index (κ1) is 20.9. The maximum absolute atomic E-state index is 12.9. The lowest BCUT2D eigenvalue weighted by Gasteiger charge is -2.23. The lowest BCUT2D eigenvalue weighted by molar-refractivity contribution is -0.123. The van der Waals surface area contributed by atoms with Crippen LogP contribution in [0.1, 0.15) is 29.7 Å². The van der Waals surface area contributed by atoms with Gasteiger partial charge in [-0.15, -0.1) is 0 Å². The first-order chi connectivity index (χ1) is 13.9. The quantitative estimate of drug-likeness (QED) is 0.485. The predicted octanol–water partition coefficient (Wildman–Crippen LogP) is 1.92. The number of amides is 1. The van der Waals surface area contributed by atoms with Crippen molar-refractivity contribution in [2.45, 2.75) is 39.0 Å². The number of ether oxygens (including phenoxy) is 2. The molecule has 0 bridgehead atoms. The van der Waals surface area contributed by atoms with Gasteiger partial charge in [0.05, 0.1) is 20.3 Å². The molecule has 0 aromatic heterocycles. The Kier molecular flexibility index (Phi) is 6.58. The number of rotatable bonds is 7. The first-order valence-corrected chi connectivity index (χ1v) is 9.55. The van der Waals surface area contributed by atoms with Gasteiger partial charge in [0.15, 0.2) is 11.5 Å². The molecule has 0 spiro atoms. The lowest BCUT2D eigenvalue weighted by Crippen LogP contribution is -2.50. The van der Waals surface area contributed by atoms with Crippen molar-refractivity contribution in [2.75, 3.05) is 19.5 Å². The van der Waals surface area contributed by atoms with E-state index in [4.69, 9.17) is 9.47 Å². The maximum atomic E-state index is 12.9. The summed E-state index contributed by atoms with van der Waals surface area (Å²) in [6.45, 7) is 6.07. The normalized spacial score (nSPS) is 19.5. The molecule has 1 amide bonds. The lowest BCUT2D eigenvalue weighted by atomic mass is 10.1. The third-order valence-electron chi connectivity index (χ3n) is 5.17. The molecule has 5 N–H and O–H groups in total. The van der Waals surface area contributed by atoms with Gasteiger partial charge < -0.3 is 20.1 Å². The molecule has 1 heterocycles. The molecule has 8 nitrogen and oxygen atoms in total. The highest BCUT2D eigenvalue weighted by molar-refractivity contribution is 5.83. The van der Waals surface area contributed by atoms with Crippen molar-refractivity contribution < 1.29 is 14.3 Å². The summed E-state index contributed by atoms with van der Waals surface area (Å²) >= 11 is 0. The average molecular weight is 399 g/mol. The van der Waals surface area contributed by atoms with Crippen molar-refractivity contribution in [3.8, 4) is 11.5 Å². The van der Waals surface area contributed by atoms with E-state index in [1.807, 2.05) is 31.2 Å². The van der Waals surface area contributed by atoms with Crippen LogP contribution in [-0.2, 0) is 4.79 Å². The number of hydrogen-bond donors (Lipinski definition) is 5. The summed E-state index contributed by atoms with van der Waals surface area (Å²) in [6.07, 6.45) is -0.310. The molecular formula is C21H29N5O3. The first-order valence-electron chi connectivity index (χ1n) is 9.55. The Morgan fingerprint density at radius 2 is 1.76 bits per heavy atom. The van der Waals surface area contributed by atoms with Gasteiger partial charge in [-0.05, 0) is 61.7 Å². The summed E-state index contributed by atoms with van der Waals surface area (Å²) in [5, 5.41) is 6.40. The highest BCUT2D eigenvalue weighted by atomic mass is 16.5. The molecular weight excluding hydrogens is 370 g/mol. The largest absolute Gasteiger partial charge is 0.493 e. The Balaban J connectivity index is 1.66. The van der Waals surface area contributed by atoms with E-state index in [0.29, 0.717) is 11.5 Å². The number of carbonyl (C=O) groups is 1. The van der Waals surface area contributed by atoms with E-state index in [-0.39, 0.29) is 18.1 Å². The molecule has 3 rings (SSSR count). The van der Waals surface area contributed by atoms with Gasteiger partial charge in [0.25, 0.3) is 0 Å². The number of hydrazine groups is 2. The van der Waals surface area contributed by atoms with Gasteiger partial charge in [-0.3, -0.25) is 4.79 Å².